The summed E-state index contributed by atoms with van der Waals surface area (Å²) in [7, 11) is 0. The van der Waals surface area contributed by atoms with E-state index in [9.17, 15) is 4.39 Å². The maximum Gasteiger partial charge on any atom is 0.199 e. The molecule has 3 heterocycles. The Balaban J connectivity index is 1.94. The van der Waals surface area contributed by atoms with Crippen molar-refractivity contribution in [3.05, 3.63) is 54.1 Å². The van der Waals surface area contributed by atoms with Crippen molar-refractivity contribution < 1.29 is 9.02 Å². The minimum absolute atomic E-state index is 0.133. The summed E-state index contributed by atoms with van der Waals surface area (Å²) in [5.74, 6) is 0.239. The standard InChI is InChI=1S/C15H11FN6O/c16-10-3-4-12-11(6-10)19-15(13-14(17)21-23-20-13)22(12)8-9-2-1-5-18-7-9/h1-7H,8H2,(H2,17,21). The molecule has 2 N–H and O–H groups in total. The molecule has 0 aliphatic carbocycles. The first-order valence-electron chi connectivity index (χ1n) is 6.85. The lowest BCUT2D eigenvalue weighted by Crippen LogP contribution is -2.04. The van der Waals surface area contributed by atoms with E-state index in [1.165, 1.54) is 12.1 Å². The molecule has 8 heteroatoms. The van der Waals surface area contributed by atoms with Crippen LogP contribution in [-0.4, -0.2) is 24.8 Å². The van der Waals surface area contributed by atoms with Gasteiger partial charge in [-0.05, 0) is 34.1 Å². The van der Waals surface area contributed by atoms with E-state index >= 15 is 0 Å². The van der Waals surface area contributed by atoms with Gasteiger partial charge >= 0.3 is 0 Å². The summed E-state index contributed by atoms with van der Waals surface area (Å²) in [6.45, 7) is 0.484. The molecule has 23 heavy (non-hydrogen) atoms. The van der Waals surface area contributed by atoms with Crippen molar-refractivity contribution in [2.45, 2.75) is 6.54 Å². The van der Waals surface area contributed by atoms with Gasteiger partial charge in [0.2, 0.25) is 0 Å². The first kappa shape index (κ1) is 13.4. The van der Waals surface area contributed by atoms with Crippen LogP contribution in [0, 0.1) is 5.82 Å². The fourth-order valence-electron chi connectivity index (χ4n) is 2.47. The molecule has 4 rings (SSSR count). The van der Waals surface area contributed by atoms with E-state index in [0.29, 0.717) is 23.6 Å². The van der Waals surface area contributed by atoms with Gasteiger partial charge in [0.25, 0.3) is 0 Å². The molecule has 7 nitrogen and oxygen atoms in total. The summed E-state index contributed by atoms with van der Waals surface area (Å²) < 4.78 is 20.0. The zero-order valence-corrected chi connectivity index (χ0v) is 11.8. The quantitative estimate of drug-likeness (QED) is 0.623. The third kappa shape index (κ3) is 2.30. The smallest absolute Gasteiger partial charge is 0.199 e. The molecule has 4 aromatic rings. The van der Waals surface area contributed by atoms with Crippen LogP contribution >= 0.6 is 0 Å². The number of nitrogens with two attached hydrogens (primary N) is 1. The van der Waals surface area contributed by atoms with Gasteiger partial charge in [0.15, 0.2) is 17.3 Å². The molecular formula is C15H11FN6O. The van der Waals surface area contributed by atoms with Crippen LogP contribution < -0.4 is 5.73 Å². The summed E-state index contributed by atoms with van der Waals surface area (Å²) in [5, 5.41) is 7.38. The number of nitrogen functional groups attached to an aromatic ring is 1. The average molecular weight is 310 g/mol. The maximum absolute atomic E-state index is 13.5. The number of aromatic nitrogens is 5. The van der Waals surface area contributed by atoms with Crippen molar-refractivity contribution >= 4 is 16.9 Å². The summed E-state index contributed by atoms with van der Waals surface area (Å²) in [4.78, 5) is 8.54. The van der Waals surface area contributed by atoms with Crippen molar-refractivity contribution in [1.29, 1.82) is 0 Å². The average Bonchev–Trinajstić information content (AvgIpc) is 3.12. The van der Waals surface area contributed by atoms with Gasteiger partial charge in [0.05, 0.1) is 17.6 Å². The zero-order valence-electron chi connectivity index (χ0n) is 11.8. The lowest BCUT2D eigenvalue weighted by molar-refractivity contribution is 0.310. The summed E-state index contributed by atoms with van der Waals surface area (Å²) in [6, 6.07) is 8.21. The molecule has 114 valence electrons. The molecule has 0 radical (unpaired) electrons. The van der Waals surface area contributed by atoms with Crippen LogP contribution in [0.1, 0.15) is 5.56 Å². The molecule has 1 aromatic carbocycles. The third-order valence-corrected chi connectivity index (χ3v) is 3.50. The number of benzene rings is 1. The van der Waals surface area contributed by atoms with E-state index in [2.05, 4.69) is 24.9 Å². The van der Waals surface area contributed by atoms with Crippen LogP contribution in [0.25, 0.3) is 22.6 Å². The second-order valence-electron chi connectivity index (χ2n) is 5.01. The van der Waals surface area contributed by atoms with Gasteiger partial charge in [0.1, 0.15) is 5.82 Å². The Bertz CT molecular complexity index is 978. The minimum Gasteiger partial charge on any atom is -0.379 e. The number of anilines is 1. The number of rotatable bonds is 3. The summed E-state index contributed by atoms with van der Waals surface area (Å²) in [6.07, 6.45) is 3.45. The number of nitrogens with zero attached hydrogens (tertiary/aromatic N) is 5. The molecule has 3 aromatic heterocycles. The molecule has 0 spiro atoms. The second kappa shape index (κ2) is 5.16. The molecular weight excluding hydrogens is 299 g/mol. The minimum atomic E-state index is -0.360. The van der Waals surface area contributed by atoms with Gasteiger partial charge in [-0.25, -0.2) is 14.0 Å². The molecule has 0 atom stereocenters. The third-order valence-electron chi connectivity index (χ3n) is 3.50. The molecule has 0 saturated heterocycles. The monoisotopic (exact) mass is 310 g/mol. The van der Waals surface area contributed by atoms with Crippen molar-refractivity contribution in [3.63, 3.8) is 0 Å². The largest absolute Gasteiger partial charge is 0.379 e. The number of hydrogen-bond acceptors (Lipinski definition) is 6. The highest BCUT2D eigenvalue weighted by Gasteiger charge is 2.19. The Morgan fingerprint density at radius 1 is 1.22 bits per heavy atom. The number of fused-ring (bicyclic) bond motifs is 1. The highest BCUT2D eigenvalue weighted by Crippen LogP contribution is 2.27. The normalized spacial score (nSPS) is 11.2. The number of imidazole rings is 1. The van der Waals surface area contributed by atoms with Crippen molar-refractivity contribution in [3.8, 4) is 11.5 Å². The van der Waals surface area contributed by atoms with Crippen LogP contribution in [0.15, 0.2) is 47.4 Å². The lowest BCUT2D eigenvalue weighted by Gasteiger charge is -2.07. The SMILES string of the molecule is Nc1nonc1-c1nc2cc(F)ccc2n1Cc1cccnc1. The van der Waals surface area contributed by atoms with E-state index in [-0.39, 0.29) is 11.6 Å². The first-order valence-corrected chi connectivity index (χ1v) is 6.85. The Morgan fingerprint density at radius 2 is 2.13 bits per heavy atom. The van der Waals surface area contributed by atoms with E-state index in [4.69, 9.17) is 5.73 Å². The molecule has 0 aliphatic heterocycles. The molecule has 0 saturated carbocycles. The van der Waals surface area contributed by atoms with Gasteiger partial charge in [-0.2, -0.15) is 0 Å². The molecule has 0 bridgehead atoms. The van der Waals surface area contributed by atoms with Gasteiger partial charge in [-0.15, -0.1) is 0 Å². The topological polar surface area (TPSA) is 95.6 Å². The van der Waals surface area contributed by atoms with E-state index in [1.807, 2.05) is 16.7 Å². The first-order chi connectivity index (χ1) is 11.2. The van der Waals surface area contributed by atoms with Gasteiger partial charge in [0, 0.05) is 18.5 Å². The van der Waals surface area contributed by atoms with Crippen LogP contribution in [0.4, 0.5) is 10.2 Å². The molecule has 0 aliphatic rings. The zero-order chi connectivity index (χ0) is 15.8. The predicted molar refractivity (Wildman–Crippen MR) is 80.7 cm³/mol. The Morgan fingerprint density at radius 3 is 2.87 bits per heavy atom. The Hall–Kier alpha value is -3.29. The summed E-state index contributed by atoms with van der Waals surface area (Å²) in [5.41, 5.74) is 8.33. The molecule has 0 amide bonds. The van der Waals surface area contributed by atoms with Crippen LogP contribution in [0.5, 0.6) is 0 Å². The number of hydrogen-bond donors (Lipinski definition) is 1. The van der Waals surface area contributed by atoms with E-state index in [1.54, 1.807) is 18.5 Å². The Labute approximate surface area is 129 Å². The van der Waals surface area contributed by atoms with Crippen LogP contribution in [0.2, 0.25) is 0 Å². The maximum atomic E-state index is 13.5. The molecule has 0 unspecified atom stereocenters. The molecule has 0 fully saturated rings. The van der Waals surface area contributed by atoms with Crippen molar-refractivity contribution in [1.82, 2.24) is 24.8 Å². The van der Waals surface area contributed by atoms with Crippen molar-refractivity contribution in [2.24, 2.45) is 0 Å². The predicted octanol–water partition coefficient (Wildman–Crippen LogP) is 2.25. The highest BCUT2D eigenvalue weighted by atomic mass is 19.1. The van der Waals surface area contributed by atoms with Crippen molar-refractivity contribution in [2.75, 3.05) is 5.73 Å². The fraction of sp³-hybridized carbons (Fsp3) is 0.0667. The number of pyridine rings is 1. The van der Waals surface area contributed by atoms with E-state index < -0.39 is 0 Å². The van der Waals surface area contributed by atoms with Crippen LogP contribution in [0.3, 0.4) is 0 Å². The van der Waals surface area contributed by atoms with E-state index in [0.717, 1.165) is 11.1 Å². The van der Waals surface area contributed by atoms with Crippen LogP contribution in [-0.2, 0) is 6.54 Å². The fourth-order valence-corrected chi connectivity index (χ4v) is 2.47. The Kier molecular flexibility index (Phi) is 3.00. The second-order valence-corrected chi connectivity index (χ2v) is 5.01. The van der Waals surface area contributed by atoms with Gasteiger partial charge < -0.3 is 10.3 Å². The van der Waals surface area contributed by atoms with Gasteiger partial charge in [-0.3, -0.25) is 4.98 Å². The van der Waals surface area contributed by atoms with Gasteiger partial charge in [-0.1, -0.05) is 6.07 Å². The lowest BCUT2D eigenvalue weighted by atomic mass is 10.2. The summed E-state index contributed by atoms with van der Waals surface area (Å²) >= 11 is 0. The number of halogens is 1. The highest BCUT2D eigenvalue weighted by molar-refractivity contribution is 5.81.